The van der Waals surface area contributed by atoms with E-state index in [1.165, 1.54) is 0 Å². The van der Waals surface area contributed by atoms with Gasteiger partial charge in [-0.15, -0.1) is 0 Å². The maximum atomic E-state index is 12.3. The molecule has 0 saturated carbocycles. The van der Waals surface area contributed by atoms with Crippen LogP contribution >= 0.6 is 11.6 Å². The number of nitrogens with one attached hydrogen (secondary N) is 1. The van der Waals surface area contributed by atoms with Gasteiger partial charge in [0.05, 0.1) is 0 Å². The molecule has 0 aliphatic carbocycles. The molecular formula is C15H22ClN3O2. The number of anilines is 1. The van der Waals surface area contributed by atoms with Gasteiger partial charge in [-0.2, -0.15) is 0 Å². The van der Waals surface area contributed by atoms with Crippen molar-refractivity contribution < 1.29 is 9.90 Å². The van der Waals surface area contributed by atoms with Gasteiger partial charge in [-0.1, -0.05) is 18.5 Å². The van der Waals surface area contributed by atoms with Crippen LogP contribution in [0.15, 0.2) is 12.1 Å². The molecule has 21 heavy (non-hydrogen) atoms. The van der Waals surface area contributed by atoms with Crippen LogP contribution in [0.5, 0.6) is 0 Å². The Kier molecular flexibility index (Phi) is 5.82. The molecule has 2 heterocycles. The number of hydrogen-bond donors (Lipinski definition) is 2. The number of carbonyl (C=O) groups is 1. The summed E-state index contributed by atoms with van der Waals surface area (Å²) in [5.41, 5.74) is 0.522. The summed E-state index contributed by atoms with van der Waals surface area (Å²) in [6, 6.07) is 3.35. The Labute approximate surface area is 130 Å². The quantitative estimate of drug-likeness (QED) is 0.791. The van der Waals surface area contributed by atoms with Crippen molar-refractivity contribution in [3.05, 3.63) is 22.8 Å². The normalized spacial score (nSPS) is 16.0. The fraction of sp³-hybridized carbons (Fsp3) is 0.600. The standard InChI is InChI=1S/C15H22ClN3O2/c1-2-12(5-8-20)17-15(21)11-9-13(16)18-14(10-11)19-6-3-4-7-19/h9-10,12,20H,2-8H2,1H3,(H,17,21). The lowest BCUT2D eigenvalue weighted by Crippen LogP contribution is -2.35. The number of pyridine rings is 1. The molecule has 6 heteroatoms. The molecule has 1 aromatic heterocycles. The van der Waals surface area contributed by atoms with Crippen molar-refractivity contribution in [1.29, 1.82) is 0 Å². The average Bonchev–Trinajstić information content (AvgIpc) is 3.00. The van der Waals surface area contributed by atoms with Crippen LogP contribution in [-0.4, -0.2) is 41.7 Å². The lowest BCUT2D eigenvalue weighted by molar-refractivity contribution is 0.0929. The molecule has 1 aromatic rings. The molecule has 1 aliphatic heterocycles. The van der Waals surface area contributed by atoms with E-state index in [4.69, 9.17) is 16.7 Å². The number of carbonyl (C=O) groups excluding carboxylic acids is 1. The monoisotopic (exact) mass is 311 g/mol. The maximum Gasteiger partial charge on any atom is 0.251 e. The van der Waals surface area contributed by atoms with E-state index in [-0.39, 0.29) is 18.6 Å². The molecule has 1 amide bonds. The second kappa shape index (κ2) is 7.61. The van der Waals surface area contributed by atoms with Crippen molar-refractivity contribution in [1.82, 2.24) is 10.3 Å². The number of aromatic nitrogens is 1. The van der Waals surface area contributed by atoms with Gasteiger partial charge in [0.15, 0.2) is 0 Å². The van der Waals surface area contributed by atoms with E-state index in [1.807, 2.05) is 6.92 Å². The van der Waals surface area contributed by atoms with Gasteiger partial charge < -0.3 is 15.3 Å². The third kappa shape index (κ3) is 4.32. The number of aliphatic hydroxyl groups is 1. The Balaban J connectivity index is 2.12. The summed E-state index contributed by atoms with van der Waals surface area (Å²) in [4.78, 5) is 18.8. The molecule has 2 N–H and O–H groups in total. The Morgan fingerprint density at radius 1 is 1.48 bits per heavy atom. The number of hydrogen-bond acceptors (Lipinski definition) is 4. The molecule has 1 fully saturated rings. The van der Waals surface area contributed by atoms with E-state index in [2.05, 4.69) is 15.2 Å². The number of nitrogens with zero attached hydrogens (tertiary/aromatic N) is 2. The van der Waals surface area contributed by atoms with E-state index in [0.717, 1.165) is 38.2 Å². The van der Waals surface area contributed by atoms with Crippen LogP contribution in [0, 0.1) is 0 Å². The van der Waals surface area contributed by atoms with Crippen molar-refractivity contribution in [3.8, 4) is 0 Å². The fourth-order valence-electron chi connectivity index (χ4n) is 2.53. The van der Waals surface area contributed by atoms with Gasteiger partial charge in [0.25, 0.3) is 5.91 Å². The van der Waals surface area contributed by atoms with Crippen LogP contribution in [0.25, 0.3) is 0 Å². The zero-order chi connectivity index (χ0) is 15.2. The minimum Gasteiger partial charge on any atom is -0.396 e. The highest BCUT2D eigenvalue weighted by atomic mass is 35.5. The predicted octanol–water partition coefficient (Wildman–Crippen LogP) is 2.23. The number of rotatable bonds is 6. The van der Waals surface area contributed by atoms with Gasteiger partial charge in [0.2, 0.25) is 0 Å². The third-order valence-corrected chi connectivity index (χ3v) is 3.97. The van der Waals surface area contributed by atoms with Gasteiger partial charge in [-0.3, -0.25) is 4.79 Å². The van der Waals surface area contributed by atoms with Crippen LogP contribution in [-0.2, 0) is 0 Å². The van der Waals surface area contributed by atoms with Crippen LogP contribution in [0.3, 0.4) is 0 Å². The molecule has 0 spiro atoms. The summed E-state index contributed by atoms with van der Waals surface area (Å²) in [6.07, 6.45) is 3.62. The van der Waals surface area contributed by atoms with Crippen molar-refractivity contribution in [2.24, 2.45) is 0 Å². The summed E-state index contributed by atoms with van der Waals surface area (Å²) in [5.74, 6) is 0.598. The molecule has 1 unspecified atom stereocenters. The summed E-state index contributed by atoms with van der Waals surface area (Å²) in [6.45, 7) is 3.96. The van der Waals surface area contributed by atoms with Gasteiger partial charge in [-0.25, -0.2) is 4.98 Å². The van der Waals surface area contributed by atoms with Crippen LogP contribution in [0.4, 0.5) is 5.82 Å². The van der Waals surface area contributed by atoms with Crippen LogP contribution in [0.2, 0.25) is 5.15 Å². The Morgan fingerprint density at radius 3 is 2.81 bits per heavy atom. The van der Waals surface area contributed by atoms with Gasteiger partial charge >= 0.3 is 0 Å². The Morgan fingerprint density at radius 2 is 2.19 bits per heavy atom. The molecule has 0 bridgehead atoms. The van der Waals surface area contributed by atoms with Gasteiger partial charge in [0.1, 0.15) is 11.0 Å². The average molecular weight is 312 g/mol. The van der Waals surface area contributed by atoms with E-state index in [1.54, 1.807) is 12.1 Å². The SMILES string of the molecule is CCC(CCO)NC(=O)c1cc(Cl)nc(N2CCCC2)c1. The lowest BCUT2D eigenvalue weighted by Gasteiger charge is -2.19. The second-order valence-corrected chi connectivity index (χ2v) is 5.71. The fourth-order valence-corrected chi connectivity index (χ4v) is 2.73. The summed E-state index contributed by atoms with van der Waals surface area (Å²) < 4.78 is 0. The van der Waals surface area contributed by atoms with Crippen LogP contribution in [0.1, 0.15) is 43.0 Å². The highest BCUT2D eigenvalue weighted by Gasteiger charge is 2.18. The molecule has 116 valence electrons. The first-order valence-electron chi connectivity index (χ1n) is 7.48. The van der Waals surface area contributed by atoms with Crippen molar-refractivity contribution >= 4 is 23.3 Å². The summed E-state index contributed by atoms with van der Waals surface area (Å²) >= 11 is 6.05. The first-order chi connectivity index (χ1) is 10.1. The second-order valence-electron chi connectivity index (χ2n) is 5.32. The Bertz CT molecular complexity index is 490. The van der Waals surface area contributed by atoms with Crippen molar-refractivity contribution in [2.45, 2.75) is 38.6 Å². The zero-order valence-corrected chi connectivity index (χ0v) is 13.1. The van der Waals surface area contributed by atoms with E-state index >= 15 is 0 Å². The number of halogens is 1. The molecule has 1 aliphatic rings. The van der Waals surface area contributed by atoms with Crippen molar-refractivity contribution in [2.75, 3.05) is 24.6 Å². The molecule has 0 aromatic carbocycles. The van der Waals surface area contributed by atoms with E-state index < -0.39 is 0 Å². The minimum atomic E-state index is -0.167. The first-order valence-corrected chi connectivity index (χ1v) is 7.86. The number of amides is 1. The first kappa shape index (κ1) is 16.0. The molecule has 1 atom stereocenters. The van der Waals surface area contributed by atoms with Crippen LogP contribution < -0.4 is 10.2 Å². The summed E-state index contributed by atoms with van der Waals surface area (Å²) in [5, 5.41) is 12.3. The highest BCUT2D eigenvalue weighted by Crippen LogP contribution is 2.22. The van der Waals surface area contributed by atoms with Crippen molar-refractivity contribution in [3.63, 3.8) is 0 Å². The summed E-state index contributed by atoms with van der Waals surface area (Å²) in [7, 11) is 0. The highest BCUT2D eigenvalue weighted by molar-refractivity contribution is 6.29. The van der Waals surface area contributed by atoms with Gasteiger partial charge in [-0.05, 0) is 37.8 Å². The smallest absolute Gasteiger partial charge is 0.251 e. The van der Waals surface area contributed by atoms with Gasteiger partial charge in [0, 0.05) is 31.3 Å². The molecular weight excluding hydrogens is 290 g/mol. The minimum absolute atomic E-state index is 0.0234. The lowest BCUT2D eigenvalue weighted by atomic mass is 10.1. The Hall–Kier alpha value is -1.33. The maximum absolute atomic E-state index is 12.3. The zero-order valence-electron chi connectivity index (χ0n) is 12.3. The molecule has 2 rings (SSSR count). The largest absolute Gasteiger partial charge is 0.396 e. The molecule has 5 nitrogen and oxygen atoms in total. The molecule has 0 radical (unpaired) electrons. The predicted molar refractivity (Wildman–Crippen MR) is 83.9 cm³/mol. The van der Waals surface area contributed by atoms with E-state index in [0.29, 0.717) is 17.1 Å². The van der Waals surface area contributed by atoms with E-state index in [9.17, 15) is 4.79 Å². The third-order valence-electron chi connectivity index (χ3n) is 3.78. The topological polar surface area (TPSA) is 65.5 Å². The number of aliphatic hydroxyl groups excluding tert-OH is 1. The molecule has 1 saturated heterocycles.